The maximum atomic E-state index is 5.86. The van der Waals surface area contributed by atoms with Crippen LogP contribution in [0.4, 0.5) is 0 Å². The van der Waals surface area contributed by atoms with Crippen LogP contribution < -0.4 is 10.1 Å². The van der Waals surface area contributed by atoms with Gasteiger partial charge in [0.25, 0.3) is 0 Å². The lowest BCUT2D eigenvalue weighted by atomic mass is 10.1. The van der Waals surface area contributed by atoms with Crippen LogP contribution in [0.5, 0.6) is 5.75 Å². The molecule has 0 heterocycles. The zero-order valence-electron chi connectivity index (χ0n) is 11.1. The summed E-state index contributed by atoms with van der Waals surface area (Å²) >= 11 is 3.51. The molecule has 1 atom stereocenters. The molecule has 1 unspecified atom stereocenters. The minimum absolute atomic E-state index is 0.305. The van der Waals surface area contributed by atoms with Gasteiger partial charge in [-0.1, -0.05) is 36.7 Å². The molecule has 0 aliphatic carbocycles. The summed E-state index contributed by atoms with van der Waals surface area (Å²) in [5.41, 5.74) is 1.21. The van der Waals surface area contributed by atoms with E-state index in [1.807, 2.05) is 12.1 Å². The first-order valence-corrected chi connectivity index (χ1v) is 6.99. The molecule has 0 bridgehead atoms. The maximum absolute atomic E-state index is 5.86. The Hall–Kier alpha value is -0.540. The van der Waals surface area contributed by atoms with Crippen molar-refractivity contribution in [2.75, 3.05) is 13.2 Å². The van der Waals surface area contributed by atoms with Gasteiger partial charge in [-0.25, -0.2) is 0 Å². The maximum Gasteiger partial charge on any atom is 0.124 e. The van der Waals surface area contributed by atoms with E-state index in [1.165, 1.54) is 5.56 Å². The number of benzene rings is 1. The lowest BCUT2D eigenvalue weighted by Gasteiger charge is -2.19. The quantitative estimate of drug-likeness (QED) is 0.852. The summed E-state index contributed by atoms with van der Waals surface area (Å²) in [5.74, 6) is 1.52. The van der Waals surface area contributed by atoms with E-state index in [1.54, 1.807) is 0 Å². The number of rotatable bonds is 6. The molecule has 0 aliphatic rings. The van der Waals surface area contributed by atoms with Crippen LogP contribution in [-0.4, -0.2) is 13.2 Å². The Bertz CT molecular complexity index is 352. The molecule has 96 valence electrons. The van der Waals surface area contributed by atoms with E-state index in [0.717, 1.165) is 23.4 Å². The average Bonchev–Trinajstić information content (AvgIpc) is 2.27. The van der Waals surface area contributed by atoms with E-state index >= 15 is 0 Å². The summed E-state index contributed by atoms with van der Waals surface area (Å²) in [6.07, 6.45) is 0. The van der Waals surface area contributed by atoms with E-state index in [4.69, 9.17) is 4.74 Å². The Labute approximate surface area is 113 Å². The van der Waals surface area contributed by atoms with Crippen molar-refractivity contribution in [3.05, 3.63) is 28.2 Å². The number of hydrogen-bond donors (Lipinski definition) is 1. The highest BCUT2D eigenvalue weighted by molar-refractivity contribution is 9.10. The molecule has 2 nitrogen and oxygen atoms in total. The third-order valence-corrected chi connectivity index (χ3v) is 3.01. The van der Waals surface area contributed by atoms with Gasteiger partial charge in [0.05, 0.1) is 6.61 Å². The van der Waals surface area contributed by atoms with E-state index in [0.29, 0.717) is 12.0 Å². The summed E-state index contributed by atoms with van der Waals surface area (Å²) in [4.78, 5) is 0. The lowest BCUT2D eigenvalue weighted by molar-refractivity contribution is 0.266. The standard InChI is InChI=1S/C14H22BrNO/c1-5-16-11(4)13-8-12(15)6-7-14(13)17-9-10(2)3/h6-8,10-11,16H,5,9H2,1-4H3. The van der Waals surface area contributed by atoms with Gasteiger partial charge in [0.1, 0.15) is 5.75 Å². The highest BCUT2D eigenvalue weighted by Gasteiger charge is 2.11. The van der Waals surface area contributed by atoms with Gasteiger partial charge in [-0.15, -0.1) is 0 Å². The van der Waals surface area contributed by atoms with Crippen molar-refractivity contribution in [3.63, 3.8) is 0 Å². The zero-order chi connectivity index (χ0) is 12.8. The molecular formula is C14H22BrNO. The number of ether oxygens (including phenoxy) is 1. The fourth-order valence-corrected chi connectivity index (χ4v) is 2.04. The predicted octanol–water partition coefficient (Wildman–Crippen LogP) is 4.15. The molecule has 0 amide bonds. The molecule has 1 aromatic carbocycles. The molecule has 0 saturated carbocycles. The second-order valence-electron chi connectivity index (χ2n) is 4.67. The minimum atomic E-state index is 0.305. The number of nitrogens with one attached hydrogen (secondary N) is 1. The average molecular weight is 300 g/mol. The van der Waals surface area contributed by atoms with Crippen molar-refractivity contribution in [2.24, 2.45) is 5.92 Å². The first-order chi connectivity index (χ1) is 8.04. The molecule has 0 aromatic heterocycles. The summed E-state index contributed by atoms with van der Waals surface area (Å²) in [6, 6.07) is 6.50. The molecule has 0 aliphatic heterocycles. The molecule has 0 radical (unpaired) electrons. The molecule has 17 heavy (non-hydrogen) atoms. The number of hydrogen-bond acceptors (Lipinski definition) is 2. The van der Waals surface area contributed by atoms with Gasteiger partial charge in [0.15, 0.2) is 0 Å². The Balaban J connectivity index is 2.87. The van der Waals surface area contributed by atoms with Crippen molar-refractivity contribution >= 4 is 15.9 Å². The zero-order valence-corrected chi connectivity index (χ0v) is 12.7. The number of halogens is 1. The molecule has 0 spiro atoms. The van der Waals surface area contributed by atoms with Gasteiger partial charge in [-0.05, 0) is 37.6 Å². The van der Waals surface area contributed by atoms with Crippen molar-refractivity contribution in [2.45, 2.75) is 33.7 Å². The van der Waals surface area contributed by atoms with Crippen LogP contribution >= 0.6 is 15.9 Å². The largest absolute Gasteiger partial charge is 0.493 e. The monoisotopic (exact) mass is 299 g/mol. The third kappa shape index (κ3) is 4.68. The smallest absolute Gasteiger partial charge is 0.124 e. The Morgan fingerprint density at radius 1 is 1.29 bits per heavy atom. The van der Waals surface area contributed by atoms with Gasteiger partial charge < -0.3 is 10.1 Å². The van der Waals surface area contributed by atoms with Crippen LogP contribution in [0, 0.1) is 5.92 Å². The van der Waals surface area contributed by atoms with Crippen LogP contribution in [0.1, 0.15) is 39.3 Å². The predicted molar refractivity (Wildman–Crippen MR) is 76.6 cm³/mol. The summed E-state index contributed by atoms with van der Waals surface area (Å²) < 4.78 is 6.95. The Kier molecular flexibility index (Phi) is 6.00. The van der Waals surface area contributed by atoms with Gasteiger partial charge >= 0.3 is 0 Å². The molecule has 1 aromatic rings. The lowest BCUT2D eigenvalue weighted by Crippen LogP contribution is -2.19. The van der Waals surface area contributed by atoms with Crippen LogP contribution in [0.25, 0.3) is 0 Å². The summed E-state index contributed by atoms with van der Waals surface area (Å²) in [5, 5.41) is 3.42. The molecular weight excluding hydrogens is 278 g/mol. The normalized spacial score (nSPS) is 12.8. The van der Waals surface area contributed by atoms with Gasteiger partial charge in [0, 0.05) is 16.1 Å². The first kappa shape index (κ1) is 14.5. The molecule has 1 N–H and O–H groups in total. The molecule has 3 heteroatoms. The van der Waals surface area contributed by atoms with Gasteiger partial charge in [0.2, 0.25) is 0 Å². The van der Waals surface area contributed by atoms with Crippen molar-refractivity contribution < 1.29 is 4.74 Å². The summed E-state index contributed by atoms with van der Waals surface area (Å²) in [7, 11) is 0. The minimum Gasteiger partial charge on any atom is -0.493 e. The van der Waals surface area contributed by atoms with E-state index < -0.39 is 0 Å². The van der Waals surface area contributed by atoms with E-state index in [-0.39, 0.29) is 0 Å². The highest BCUT2D eigenvalue weighted by Crippen LogP contribution is 2.28. The van der Waals surface area contributed by atoms with Gasteiger partial charge in [-0.3, -0.25) is 0 Å². The topological polar surface area (TPSA) is 21.3 Å². The van der Waals surface area contributed by atoms with E-state index in [9.17, 15) is 0 Å². The van der Waals surface area contributed by atoms with Crippen molar-refractivity contribution in [1.82, 2.24) is 5.32 Å². The van der Waals surface area contributed by atoms with Crippen molar-refractivity contribution in [1.29, 1.82) is 0 Å². The fraction of sp³-hybridized carbons (Fsp3) is 0.571. The molecule has 0 saturated heterocycles. The molecule has 0 fully saturated rings. The van der Waals surface area contributed by atoms with Gasteiger partial charge in [-0.2, -0.15) is 0 Å². The SMILES string of the molecule is CCNC(C)c1cc(Br)ccc1OCC(C)C. The Morgan fingerprint density at radius 2 is 2.00 bits per heavy atom. The second-order valence-corrected chi connectivity index (χ2v) is 5.58. The van der Waals surface area contributed by atoms with Crippen LogP contribution in [0.15, 0.2) is 22.7 Å². The first-order valence-electron chi connectivity index (χ1n) is 6.20. The van der Waals surface area contributed by atoms with Crippen molar-refractivity contribution in [3.8, 4) is 5.75 Å². The highest BCUT2D eigenvalue weighted by atomic mass is 79.9. The van der Waals surface area contributed by atoms with Crippen LogP contribution in [0.2, 0.25) is 0 Å². The summed E-state index contributed by atoms with van der Waals surface area (Å²) in [6.45, 7) is 10.3. The van der Waals surface area contributed by atoms with Crippen LogP contribution in [0.3, 0.4) is 0 Å². The van der Waals surface area contributed by atoms with Crippen LogP contribution in [-0.2, 0) is 0 Å². The second kappa shape index (κ2) is 7.02. The third-order valence-electron chi connectivity index (χ3n) is 2.52. The molecule has 1 rings (SSSR count). The fourth-order valence-electron chi connectivity index (χ4n) is 1.66. The van der Waals surface area contributed by atoms with E-state index in [2.05, 4.69) is 55.0 Å². The Morgan fingerprint density at radius 3 is 2.59 bits per heavy atom.